The molecular formula is C54H64O9. The normalized spacial score (nSPS) is 26.0. The van der Waals surface area contributed by atoms with Crippen molar-refractivity contribution in [3.63, 3.8) is 0 Å². The van der Waals surface area contributed by atoms with Crippen molar-refractivity contribution in [2.45, 2.75) is 122 Å². The van der Waals surface area contributed by atoms with Gasteiger partial charge in [-0.1, -0.05) is 177 Å². The van der Waals surface area contributed by atoms with Crippen LogP contribution >= 0.6 is 0 Å². The Morgan fingerprint density at radius 2 is 0.857 bits per heavy atom. The Labute approximate surface area is 374 Å². The summed E-state index contributed by atoms with van der Waals surface area (Å²) in [4.78, 5) is 0. The Morgan fingerprint density at radius 3 is 1.32 bits per heavy atom. The molecule has 2 heterocycles. The van der Waals surface area contributed by atoms with Gasteiger partial charge in [-0.15, -0.1) is 0 Å². The molecule has 9 nitrogen and oxygen atoms in total. The molecule has 0 aromatic heterocycles. The maximum absolute atomic E-state index is 7.13. The SMILES string of the molecule is CCC1O[C@H](O[C@H]2OC(COCc3ccccc3)[C@@H](OCc3ccccc3)C(OCc3ccccc3)C2C)C(OCc2ccccc2)[C@@H](OCc2ccccc2)[C@@H]1OCC=C(C)C. The van der Waals surface area contributed by atoms with Crippen molar-refractivity contribution < 1.29 is 42.6 Å². The van der Waals surface area contributed by atoms with E-state index in [4.69, 9.17) is 42.6 Å². The molecule has 5 aromatic carbocycles. The summed E-state index contributed by atoms with van der Waals surface area (Å²) in [5.74, 6) is -0.311. The highest BCUT2D eigenvalue weighted by molar-refractivity contribution is 5.17. The largest absolute Gasteiger partial charge is 0.374 e. The number of hydrogen-bond donors (Lipinski definition) is 0. The minimum atomic E-state index is -0.891. The summed E-state index contributed by atoms with van der Waals surface area (Å²) in [6, 6.07) is 50.8. The minimum Gasteiger partial charge on any atom is -0.374 e. The molecule has 0 N–H and O–H groups in total. The van der Waals surface area contributed by atoms with Gasteiger partial charge in [0.15, 0.2) is 12.6 Å². The molecular weight excluding hydrogens is 793 g/mol. The lowest BCUT2D eigenvalue weighted by Crippen LogP contribution is -2.63. The van der Waals surface area contributed by atoms with Crippen LogP contribution < -0.4 is 0 Å². The second kappa shape index (κ2) is 24.5. The monoisotopic (exact) mass is 856 g/mol. The Balaban J connectivity index is 1.20. The number of benzene rings is 5. The molecule has 2 saturated heterocycles. The Morgan fingerprint density at radius 1 is 0.460 bits per heavy atom. The van der Waals surface area contributed by atoms with E-state index in [0.717, 1.165) is 27.8 Å². The van der Waals surface area contributed by atoms with Crippen molar-refractivity contribution >= 4 is 0 Å². The molecule has 0 bridgehead atoms. The van der Waals surface area contributed by atoms with E-state index in [1.54, 1.807) is 0 Å². The summed E-state index contributed by atoms with van der Waals surface area (Å²) in [5.41, 5.74) is 6.40. The van der Waals surface area contributed by atoms with Crippen molar-refractivity contribution in [1.29, 1.82) is 0 Å². The van der Waals surface area contributed by atoms with E-state index in [0.29, 0.717) is 46.1 Å². The summed E-state index contributed by atoms with van der Waals surface area (Å²) < 4.78 is 61.7. The van der Waals surface area contributed by atoms with Crippen LogP contribution in [-0.4, -0.2) is 68.5 Å². The summed E-state index contributed by atoms with van der Waals surface area (Å²) in [5, 5.41) is 0. The first-order valence-electron chi connectivity index (χ1n) is 22.4. The van der Waals surface area contributed by atoms with E-state index in [1.165, 1.54) is 5.57 Å². The Kier molecular flexibility index (Phi) is 18.1. The first-order chi connectivity index (χ1) is 30.9. The maximum Gasteiger partial charge on any atom is 0.189 e. The molecule has 334 valence electrons. The van der Waals surface area contributed by atoms with Crippen LogP contribution in [-0.2, 0) is 75.7 Å². The van der Waals surface area contributed by atoms with Crippen molar-refractivity contribution in [3.8, 4) is 0 Å². The third kappa shape index (κ3) is 13.7. The summed E-state index contributed by atoms with van der Waals surface area (Å²) >= 11 is 0. The zero-order valence-corrected chi connectivity index (χ0v) is 37.1. The van der Waals surface area contributed by atoms with Gasteiger partial charge in [0.1, 0.15) is 30.5 Å². The highest BCUT2D eigenvalue weighted by Crippen LogP contribution is 2.37. The zero-order valence-electron chi connectivity index (χ0n) is 37.1. The van der Waals surface area contributed by atoms with Crippen molar-refractivity contribution in [1.82, 2.24) is 0 Å². The molecule has 2 aliphatic rings. The fourth-order valence-electron chi connectivity index (χ4n) is 8.05. The lowest BCUT2D eigenvalue weighted by atomic mass is 9.91. The van der Waals surface area contributed by atoms with E-state index in [-0.39, 0.29) is 18.6 Å². The predicted molar refractivity (Wildman–Crippen MR) is 243 cm³/mol. The molecule has 5 unspecified atom stereocenters. The highest BCUT2D eigenvalue weighted by Gasteiger charge is 2.52. The third-order valence-corrected chi connectivity index (χ3v) is 11.5. The topological polar surface area (TPSA) is 83.1 Å². The summed E-state index contributed by atoms with van der Waals surface area (Å²) in [6.07, 6.45) is -2.52. The van der Waals surface area contributed by atoms with Crippen molar-refractivity contribution in [3.05, 3.63) is 191 Å². The lowest BCUT2D eigenvalue weighted by Gasteiger charge is -2.49. The van der Waals surface area contributed by atoms with E-state index >= 15 is 0 Å². The molecule has 2 aliphatic heterocycles. The fraction of sp³-hybridized carbons (Fsp3) is 0.407. The molecule has 7 rings (SSSR count). The number of allylic oxidation sites excluding steroid dienone is 1. The minimum absolute atomic E-state index is 0.242. The fourth-order valence-corrected chi connectivity index (χ4v) is 8.05. The Hall–Kier alpha value is -4.52. The first-order valence-corrected chi connectivity index (χ1v) is 22.4. The van der Waals surface area contributed by atoms with Gasteiger partial charge in [-0.25, -0.2) is 0 Å². The van der Waals surface area contributed by atoms with Crippen LogP contribution in [0.5, 0.6) is 0 Å². The number of hydrogen-bond acceptors (Lipinski definition) is 9. The van der Waals surface area contributed by atoms with Crippen molar-refractivity contribution in [2.75, 3.05) is 13.2 Å². The zero-order chi connectivity index (χ0) is 43.6. The van der Waals surface area contributed by atoms with Crippen LogP contribution in [0.4, 0.5) is 0 Å². The summed E-state index contributed by atoms with van der Waals surface area (Å²) in [6.45, 7) is 10.8. The van der Waals surface area contributed by atoms with Crippen LogP contribution in [0, 0.1) is 5.92 Å². The van der Waals surface area contributed by atoms with Crippen LogP contribution in [0.25, 0.3) is 0 Å². The average Bonchev–Trinajstić information content (AvgIpc) is 3.32. The summed E-state index contributed by atoms with van der Waals surface area (Å²) in [7, 11) is 0. The molecule has 0 saturated carbocycles. The predicted octanol–water partition coefficient (Wildman–Crippen LogP) is 10.4. The van der Waals surface area contributed by atoms with Crippen LogP contribution in [0.1, 0.15) is 61.9 Å². The molecule has 63 heavy (non-hydrogen) atoms. The van der Waals surface area contributed by atoms with Crippen LogP contribution in [0.2, 0.25) is 0 Å². The van der Waals surface area contributed by atoms with Gasteiger partial charge in [-0.05, 0) is 48.1 Å². The van der Waals surface area contributed by atoms with Gasteiger partial charge in [0.05, 0.1) is 58.5 Å². The molecule has 10 atom stereocenters. The number of rotatable bonds is 22. The number of ether oxygens (including phenoxy) is 9. The molecule has 0 radical (unpaired) electrons. The van der Waals surface area contributed by atoms with Gasteiger partial charge in [0, 0.05) is 5.92 Å². The van der Waals surface area contributed by atoms with Gasteiger partial charge in [0.2, 0.25) is 0 Å². The standard InChI is InChI=1S/C54H64O9/c1-5-46-49(56-32-31-39(2)3)51(59-36-44-27-17-9-18-28-44)52(60-37-45-29-19-10-20-30-45)54(61-46)63-53-40(4)48(57-34-42-23-13-7-14-24-42)50(58-35-43-25-15-8-16-26-43)47(62-53)38-55-33-41-21-11-6-12-22-41/h6-31,40,46-54H,5,32-38H2,1-4H3/t40?,46?,47?,48?,49-,50-,51+,52?,53-,54-/m1/s1. The smallest absolute Gasteiger partial charge is 0.189 e. The van der Waals surface area contributed by atoms with E-state index in [9.17, 15) is 0 Å². The van der Waals surface area contributed by atoms with Gasteiger partial charge in [-0.3, -0.25) is 0 Å². The maximum atomic E-state index is 7.13. The van der Waals surface area contributed by atoms with E-state index in [1.807, 2.05) is 103 Å². The molecule has 0 spiro atoms. The average molecular weight is 857 g/mol. The first kappa shape index (κ1) is 46.5. The molecule has 2 fully saturated rings. The van der Waals surface area contributed by atoms with Gasteiger partial charge >= 0.3 is 0 Å². The van der Waals surface area contributed by atoms with E-state index < -0.39 is 49.2 Å². The van der Waals surface area contributed by atoms with E-state index in [2.05, 4.69) is 82.3 Å². The Bertz CT molecular complexity index is 2030. The molecule has 0 aliphatic carbocycles. The van der Waals surface area contributed by atoms with Gasteiger partial charge in [-0.2, -0.15) is 0 Å². The lowest BCUT2D eigenvalue weighted by molar-refractivity contribution is -0.381. The molecule has 0 amide bonds. The van der Waals surface area contributed by atoms with Crippen LogP contribution in [0.3, 0.4) is 0 Å². The quantitative estimate of drug-likeness (QED) is 0.0632. The third-order valence-electron chi connectivity index (χ3n) is 11.5. The molecule has 9 heteroatoms. The van der Waals surface area contributed by atoms with Gasteiger partial charge < -0.3 is 42.6 Å². The second-order valence-electron chi connectivity index (χ2n) is 16.6. The highest BCUT2D eigenvalue weighted by atomic mass is 16.8. The van der Waals surface area contributed by atoms with Crippen LogP contribution in [0.15, 0.2) is 163 Å². The van der Waals surface area contributed by atoms with Crippen molar-refractivity contribution in [2.24, 2.45) is 5.92 Å². The second-order valence-corrected chi connectivity index (χ2v) is 16.6. The molecule has 5 aromatic rings. The van der Waals surface area contributed by atoms with Gasteiger partial charge in [0.25, 0.3) is 0 Å².